The minimum Gasteiger partial charge on any atom is -0.497 e. The standard InChI is InChI=1S/C12H16N4O2S/c1-8-14-15-12(19)16(8)13-7-9-4-5-10(17-2)6-11(9)18-3/h4-6,13H,7H2,1-3H3,(H,15,19). The molecule has 1 aromatic heterocycles. The van der Waals surface area contributed by atoms with Crippen molar-refractivity contribution >= 4 is 12.2 Å². The van der Waals surface area contributed by atoms with Gasteiger partial charge in [0.2, 0.25) is 4.77 Å². The number of aromatic nitrogens is 3. The molecule has 19 heavy (non-hydrogen) atoms. The average Bonchev–Trinajstić information content (AvgIpc) is 2.75. The number of aryl methyl sites for hydroxylation is 1. The molecule has 6 nitrogen and oxygen atoms in total. The van der Waals surface area contributed by atoms with E-state index in [-0.39, 0.29) is 0 Å². The summed E-state index contributed by atoms with van der Waals surface area (Å²) in [6, 6.07) is 5.68. The Hall–Kier alpha value is -2.02. The normalized spacial score (nSPS) is 10.3. The van der Waals surface area contributed by atoms with Crippen molar-refractivity contribution in [1.82, 2.24) is 14.9 Å². The molecule has 0 spiro atoms. The van der Waals surface area contributed by atoms with Crippen molar-refractivity contribution < 1.29 is 9.47 Å². The van der Waals surface area contributed by atoms with Gasteiger partial charge in [-0.25, -0.2) is 4.68 Å². The van der Waals surface area contributed by atoms with Crippen LogP contribution in [0.25, 0.3) is 0 Å². The zero-order valence-electron chi connectivity index (χ0n) is 11.1. The Morgan fingerprint density at radius 1 is 1.37 bits per heavy atom. The van der Waals surface area contributed by atoms with Crippen LogP contribution in [0.1, 0.15) is 11.4 Å². The summed E-state index contributed by atoms with van der Waals surface area (Å²) >= 11 is 5.12. The maximum Gasteiger partial charge on any atom is 0.214 e. The second-order valence-electron chi connectivity index (χ2n) is 3.92. The maximum atomic E-state index is 5.34. The summed E-state index contributed by atoms with van der Waals surface area (Å²) in [7, 11) is 3.26. The molecule has 0 fully saturated rings. The predicted octanol–water partition coefficient (Wildman–Crippen LogP) is 2.01. The van der Waals surface area contributed by atoms with Crippen molar-refractivity contribution in [3.63, 3.8) is 0 Å². The molecule has 0 bridgehead atoms. The summed E-state index contributed by atoms with van der Waals surface area (Å²) in [5, 5.41) is 6.75. The number of H-pyrrole nitrogens is 1. The van der Waals surface area contributed by atoms with Crippen LogP contribution >= 0.6 is 12.2 Å². The zero-order valence-corrected chi connectivity index (χ0v) is 11.9. The van der Waals surface area contributed by atoms with Gasteiger partial charge >= 0.3 is 0 Å². The molecule has 0 amide bonds. The molecule has 1 aromatic carbocycles. The van der Waals surface area contributed by atoms with Crippen molar-refractivity contribution in [2.45, 2.75) is 13.5 Å². The first-order valence-corrected chi connectivity index (χ1v) is 6.15. The van der Waals surface area contributed by atoms with Crippen molar-refractivity contribution in [3.05, 3.63) is 34.4 Å². The van der Waals surface area contributed by atoms with Gasteiger partial charge in [0.05, 0.1) is 20.8 Å². The number of hydrogen-bond acceptors (Lipinski definition) is 5. The lowest BCUT2D eigenvalue weighted by Gasteiger charge is -2.12. The third kappa shape index (κ3) is 2.87. The van der Waals surface area contributed by atoms with Crippen LogP contribution in [0.15, 0.2) is 18.2 Å². The molecule has 0 atom stereocenters. The molecule has 2 N–H and O–H groups in total. The fraction of sp³-hybridized carbons (Fsp3) is 0.333. The Kier molecular flexibility index (Phi) is 4.06. The smallest absolute Gasteiger partial charge is 0.214 e. The molecule has 2 rings (SSSR count). The van der Waals surface area contributed by atoms with Gasteiger partial charge in [-0.05, 0) is 31.3 Å². The van der Waals surface area contributed by atoms with E-state index < -0.39 is 0 Å². The average molecular weight is 280 g/mol. The monoisotopic (exact) mass is 280 g/mol. The van der Waals surface area contributed by atoms with Crippen LogP contribution in [0, 0.1) is 11.7 Å². The number of nitrogens with zero attached hydrogens (tertiary/aromatic N) is 2. The fourth-order valence-electron chi connectivity index (χ4n) is 1.72. The predicted molar refractivity (Wildman–Crippen MR) is 74.8 cm³/mol. The first kappa shape index (κ1) is 13.4. The lowest BCUT2D eigenvalue weighted by molar-refractivity contribution is 0.391. The Labute approximate surface area is 116 Å². The highest BCUT2D eigenvalue weighted by atomic mass is 32.1. The van der Waals surface area contributed by atoms with E-state index in [1.807, 2.05) is 25.1 Å². The Bertz CT molecular complexity index is 620. The van der Waals surface area contributed by atoms with E-state index in [4.69, 9.17) is 21.7 Å². The van der Waals surface area contributed by atoms with E-state index in [2.05, 4.69) is 15.6 Å². The highest BCUT2D eigenvalue weighted by molar-refractivity contribution is 7.71. The summed E-state index contributed by atoms with van der Waals surface area (Å²) in [5.41, 5.74) is 4.19. The van der Waals surface area contributed by atoms with E-state index in [9.17, 15) is 0 Å². The molecule has 0 aliphatic rings. The van der Waals surface area contributed by atoms with Crippen molar-refractivity contribution in [2.75, 3.05) is 19.6 Å². The fourth-order valence-corrected chi connectivity index (χ4v) is 1.97. The van der Waals surface area contributed by atoms with Crippen LogP contribution in [0.4, 0.5) is 0 Å². The Morgan fingerprint density at radius 3 is 2.74 bits per heavy atom. The van der Waals surface area contributed by atoms with Crippen molar-refractivity contribution in [2.24, 2.45) is 0 Å². The number of rotatable bonds is 5. The van der Waals surface area contributed by atoms with Crippen LogP contribution in [-0.2, 0) is 6.54 Å². The topological polar surface area (TPSA) is 64.1 Å². The molecular weight excluding hydrogens is 264 g/mol. The number of methoxy groups -OCH3 is 2. The van der Waals surface area contributed by atoms with E-state index in [0.717, 1.165) is 22.9 Å². The maximum absolute atomic E-state index is 5.34. The second-order valence-corrected chi connectivity index (χ2v) is 4.31. The van der Waals surface area contributed by atoms with Crippen LogP contribution in [0.5, 0.6) is 11.5 Å². The van der Waals surface area contributed by atoms with Gasteiger partial charge in [-0.1, -0.05) is 0 Å². The Balaban J connectivity index is 2.18. The molecule has 0 saturated carbocycles. The van der Waals surface area contributed by atoms with Crippen molar-refractivity contribution in [1.29, 1.82) is 0 Å². The van der Waals surface area contributed by atoms with Gasteiger partial charge in [0.1, 0.15) is 17.3 Å². The van der Waals surface area contributed by atoms with Gasteiger partial charge in [0.15, 0.2) is 0 Å². The number of hydrogen-bond donors (Lipinski definition) is 2. The molecule has 2 aromatic rings. The summed E-state index contributed by atoms with van der Waals surface area (Å²) in [4.78, 5) is 0. The van der Waals surface area contributed by atoms with Crippen molar-refractivity contribution in [3.8, 4) is 11.5 Å². The van der Waals surface area contributed by atoms with Gasteiger partial charge in [-0.3, -0.25) is 5.10 Å². The number of aromatic amines is 1. The summed E-state index contributed by atoms with van der Waals surface area (Å²) in [5.74, 6) is 2.30. The first-order chi connectivity index (χ1) is 9.15. The van der Waals surface area contributed by atoms with Crippen LogP contribution in [-0.4, -0.2) is 29.1 Å². The van der Waals surface area contributed by atoms with E-state index >= 15 is 0 Å². The minimum atomic E-state index is 0.532. The third-order valence-electron chi connectivity index (χ3n) is 2.76. The highest BCUT2D eigenvalue weighted by Crippen LogP contribution is 2.24. The molecule has 0 aliphatic carbocycles. The number of ether oxygens (including phenoxy) is 2. The molecular formula is C12H16N4O2S. The van der Waals surface area contributed by atoms with Gasteiger partial charge < -0.3 is 14.9 Å². The van der Waals surface area contributed by atoms with Gasteiger partial charge in [-0.2, -0.15) is 5.10 Å². The van der Waals surface area contributed by atoms with Crippen LogP contribution in [0.2, 0.25) is 0 Å². The van der Waals surface area contributed by atoms with E-state index in [1.165, 1.54) is 0 Å². The molecule has 1 heterocycles. The molecule has 102 valence electrons. The Morgan fingerprint density at radius 2 is 2.16 bits per heavy atom. The minimum absolute atomic E-state index is 0.532. The molecule has 0 radical (unpaired) electrons. The number of nitrogens with one attached hydrogen (secondary N) is 2. The van der Waals surface area contributed by atoms with Crippen LogP contribution in [0.3, 0.4) is 0 Å². The highest BCUT2D eigenvalue weighted by Gasteiger charge is 2.06. The van der Waals surface area contributed by atoms with Gasteiger partial charge in [0, 0.05) is 11.6 Å². The quantitative estimate of drug-likeness (QED) is 0.820. The lowest BCUT2D eigenvalue weighted by Crippen LogP contribution is -2.16. The molecule has 0 saturated heterocycles. The summed E-state index contributed by atoms with van der Waals surface area (Å²) in [6.45, 7) is 2.44. The lowest BCUT2D eigenvalue weighted by atomic mass is 10.2. The molecule has 7 heteroatoms. The number of benzene rings is 1. The van der Waals surface area contributed by atoms with Gasteiger partial charge in [-0.15, -0.1) is 0 Å². The second kappa shape index (κ2) is 5.75. The van der Waals surface area contributed by atoms with E-state index in [1.54, 1.807) is 18.9 Å². The SMILES string of the molecule is COc1ccc(CNn2c(C)n[nH]c2=S)c(OC)c1. The zero-order chi connectivity index (χ0) is 13.8. The summed E-state index contributed by atoms with van der Waals surface area (Å²) in [6.07, 6.45) is 0. The van der Waals surface area contributed by atoms with E-state index in [0.29, 0.717) is 11.3 Å². The third-order valence-corrected chi connectivity index (χ3v) is 3.04. The molecule has 0 aliphatic heterocycles. The largest absolute Gasteiger partial charge is 0.497 e. The van der Waals surface area contributed by atoms with Gasteiger partial charge in [0.25, 0.3) is 0 Å². The first-order valence-electron chi connectivity index (χ1n) is 5.74. The molecule has 0 unspecified atom stereocenters. The summed E-state index contributed by atoms with van der Waals surface area (Å²) < 4.78 is 12.8. The van der Waals surface area contributed by atoms with Crippen LogP contribution < -0.4 is 14.9 Å².